The summed E-state index contributed by atoms with van der Waals surface area (Å²) in [7, 11) is 2.01. The highest BCUT2D eigenvalue weighted by molar-refractivity contribution is 7.99. The minimum Gasteiger partial charge on any atom is -0.337 e. The molecule has 0 radical (unpaired) electrons. The van der Waals surface area contributed by atoms with Crippen LogP contribution in [0.2, 0.25) is 0 Å². The van der Waals surface area contributed by atoms with Crippen molar-refractivity contribution in [2.45, 2.75) is 6.54 Å². The zero-order chi connectivity index (χ0) is 10.2. The second-order valence-electron chi connectivity index (χ2n) is 2.99. The van der Waals surface area contributed by atoms with Crippen LogP contribution in [0.5, 0.6) is 0 Å². The van der Waals surface area contributed by atoms with Crippen molar-refractivity contribution < 1.29 is 0 Å². The predicted molar refractivity (Wildman–Crippen MR) is 69.7 cm³/mol. The van der Waals surface area contributed by atoms with E-state index in [-0.39, 0.29) is 12.4 Å². The Morgan fingerprint density at radius 2 is 2.47 bits per heavy atom. The van der Waals surface area contributed by atoms with Gasteiger partial charge >= 0.3 is 0 Å². The summed E-state index contributed by atoms with van der Waals surface area (Å²) < 4.78 is 2.03. The fourth-order valence-electron chi connectivity index (χ4n) is 1.08. The molecule has 0 aliphatic rings. The highest BCUT2D eigenvalue weighted by Crippen LogP contribution is 1.98. The molecule has 0 unspecified atom stereocenters. The number of halogens is 1. The topological polar surface area (TPSA) is 29.9 Å². The monoisotopic (exact) mass is 247 g/mol. The Hall–Kier alpha value is -0.450. The van der Waals surface area contributed by atoms with Crippen LogP contribution in [0.25, 0.3) is 0 Å². The van der Waals surface area contributed by atoms with Crippen molar-refractivity contribution in [3.8, 4) is 0 Å². The predicted octanol–water partition coefficient (Wildman–Crippen LogP) is 1.85. The van der Waals surface area contributed by atoms with Gasteiger partial charge in [0.15, 0.2) is 0 Å². The summed E-state index contributed by atoms with van der Waals surface area (Å²) >= 11 is 1.89. The Bertz CT molecular complexity index is 275. The van der Waals surface area contributed by atoms with Crippen LogP contribution in [-0.4, -0.2) is 27.6 Å². The average Bonchev–Trinajstić information content (AvgIpc) is 2.58. The van der Waals surface area contributed by atoms with E-state index in [1.54, 1.807) is 0 Å². The van der Waals surface area contributed by atoms with Crippen molar-refractivity contribution in [1.82, 2.24) is 14.9 Å². The standard InChI is InChI=1S/C10H17N3S.ClH/c1-3-7-14-8-5-11-9-10-12-4-6-13(10)2;/h3-4,6,11H,1,5,7-9H2,2H3;1H. The molecule has 1 aromatic heterocycles. The summed E-state index contributed by atoms with van der Waals surface area (Å²) in [6.07, 6.45) is 5.72. The third-order valence-electron chi connectivity index (χ3n) is 1.86. The molecular formula is C10H18ClN3S. The highest BCUT2D eigenvalue weighted by atomic mass is 35.5. The van der Waals surface area contributed by atoms with Gasteiger partial charge in [-0.3, -0.25) is 0 Å². The molecule has 86 valence electrons. The van der Waals surface area contributed by atoms with Gasteiger partial charge in [0.05, 0.1) is 6.54 Å². The molecule has 0 aromatic carbocycles. The van der Waals surface area contributed by atoms with Gasteiger partial charge in [-0.1, -0.05) is 6.08 Å². The van der Waals surface area contributed by atoms with E-state index in [0.29, 0.717) is 0 Å². The van der Waals surface area contributed by atoms with E-state index in [9.17, 15) is 0 Å². The molecule has 0 saturated carbocycles. The SMILES string of the molecule is C=CCSCCNCc1nccn1C.Cl. The lowest BCUT2D eigenvalue weighted by molar-refractivity contribution is 0.664. The molecule has 0 amide bonds. The molecule has 0 fully saturated rings. The summed E-state index contributed by atoms with van der Waals surface area (Å²) in [4.78, 5) is 4.23. The average molecular weight is 248 g/mol. The highest BCUT2D eigenvalue weighted by Gasteiger charge is 1.96. The van der Waals surface area contributed by atoms with Gasteiger partial charge < -0.3 is 9.88 Å². The van der Waals surface area contributed by atoms with E-state index >= 15 is 0 Å². The van der Waals surface area contributed by atoms with Crippen molar-refractivity contribution in [3.63, 3.8) is 0 Å². The smallest absolute Gasteiger partial charge is 0.122 e. The van der Waals surface area contributed by atoms with Gasteiger partial charge in [-0.2, -0.15) is 11.8 Å². The number of imidazole rings is 1. The second-order valence-corrected chi connectivity index (χ2v) is 4.14. The molecule has 0 atom stereocenters. The van der Waals surface area contributed by atoms with Crippen LogP contribution in [0.15, 0.2) is 25.0 Å². The van der Waals surface area contributed by atoms with E-state index in [4.69, 9.17) is 0 Å². The van der Waals surface area contributed by atoms with E-state index in [0.717, 1.165) is 30.4 Å². The number of hydrogen-bond acceptors (Lipinski definition) is 3. The molecule has 0 aliphatic carbocycles. The van der Waals surface area contributed by atoms with Crippen molar-refractivity contribution in [3.05, 3.63) is 30.9 Å². The molecule has 0 spiro atoms. The van der Waals surface area contributed by atoms with Gasteiger partial charge in [0.1, 0.15) is 5.82 Å². The first-order valence-electron chi connectivity index (χ1n) is 4.70. The molecule has 1 N–H and O–H groups in total. The summed E-state index contributed by atoms with van der Waals surface area (Å²) in [5, 5.41) is 3.35. The Morgan fingerprint density at radius 3 is 3.07 bits per heavy atom. The number of nitrogens with one attached hydrogen (secondary N) is 1. The molecule has 5 heteroatoms. The molecule has 1 aromatic rings. The normalized spacial score (nSPS) is 9.67. The number of thioether (sulfide) groups is 1. The van der Waals surface area contributed by atoms with Crippen LogP contribution < -0.4 is 5.32 Å². The van der Waals surface area contributed by atoms with Crippen molar-refractivity contribution in [2.75, 3.05) is 18.1 Å². The summed E-state index contributed by atoms with van der Waals surface area (Å²) in [6, 6.07) is 0. The first kappa shape index (κ1) is 14.6. The maximum absolute atomic E-state index is 4.23. The summed E-state index contributed by atoms with van der Waals surface area (Å²) in [6.45, 7) is 5.54. The lowest BCUT2D eigenvalue weighted by Crippen LogP contribution is -2.18. The van der Waals surface area contributed by atoms with E-state index in [1.165, 1.54) is 0 Å². The number of rotatable bonds is 7. The number of aryl methyl sites for hydroxylation is 1. The number of hydrogen-bond donors (Lipinski definition) is 1. The molecule has 1 rings (SSSR count). The first-order chi connectivity index (χ1) is 6.84. The third kappa shape index (κ3) is 5.87. The Morgan fingerprint density at radius 1 is 1.67 bits per heavy atom. The van der Waals surface area contributed by atoms with E-state index in [2.05, 4.69) is 16.9 Å². The van der Waals surface area contributed by atoms with Crippen LogP contribution in [0, 0.1) is 0 Å². The second kappa shape index (κ2) is 8.83. The maximum atomic E-state index is 4.23. The van der Waals surface area contributed by atoms with E-state index in [1.807, 2.05) is 41.8 Å². The van der Waals surface area contributed by atoms with Crippen LogP contribution in [0.3, 0.4) is 0 Å². The van der Waals surface area contributed by atoms with Gasteiger partial charge in [0, 0.05) is 37.5 Å². The lowest BCUT2D eigenvalue weighted by Gasteiger charge is -2.03. The van der Waals surface area contributed by atoms with E-state index < -0.39 is 0 Å². The maximum Gasteiger partial charge on any atom is 0.122 e. The largest absolute Gasteiger partial charge is 0.337 e. The van der Waals surface area contributed by atoms with Gasteiger partial charge in [0.25, 0.3) is 0 Å². The molecule has 0 aliphatic heterocycles. The molecule has 0 saturated heterocycles. The molecular weight excluding hydrogens is 230 g/mol. The zero-order valence-electron chi connectivity index (χ0n) is 8.98. The van der Waals surface area contributed by atoms with Crippen LogP contribution in [-0.2, 0) is 13.6 Å². The van der Waals surface area contributed by atoms with Gasteiger partial charge in [-0.15, -0.1) is 19.0 Å². The van der Waals surface area contributed by atoms with Gasteiger partial charge in [-0.05, 0) is 0 Å². The fourth-order valence-corrected chi connectivity index (χ4v) is 1.70. The van der Waals surface area contributed by atoms with Crippen LogP contribution in [0.4, 0.5) is 0 Å². The molecule has 1 heterocycles. The van der Waals surface area contributed by atoms with Crippen molar-refractivity contribution in [1.29, 1.82) is 0 Å². The zero-order valence-corrected chi connectivity index (χ0v) is 10.6. The number of aromatic nitrogens is 2. The minimum atomic E-state index is 0. The Kier molecular flexibility index (Phi) is 8.56. The third-order valence-corrected chi connectivity index (χ3v) is 2.83. The lowest BCUT2D eigenvalue weighted by atomic mass is 10.5. The molecule has 3 nitrogen and oxygen atoms in total. The first-order valence-corrected chi connectivity index (χ1v) is 5.85. The Labute approximate surface area is 102 Å². The summed E-state index contributed by atoms with van der Waals surface area (Å²) in [5.74, 6) is 3.24. The Balaban J connectivity index is 0.00000196. The van der Waals surface area contributed by atoms with Gasteiger partial charge in [-0.25, -0.2) is 4.98 Å². The van der Waals surface area contributed by atoms with Crippen LogP contribution >= 0.6 is 24.2 Å². The minimum absolute atomic E-state index is 0. The van der Waals surface area contributed by atoms with Crippen molar-refractivity contribution in [2.24, 2.45) is 7.05 Å². The summed E-state index contributed by atoms with van der Waals surface area (Å²) in [5.41, 5.74) is 0. The molecule has 0 bridgehead atoms. The number of nitrogens with zero attached hydrogens (tertiary/aromatic N) is 2. The van der Waals surface area contributed by atoms with Crippen molar-refractivity contribution >= 4 is 24.2 Å². The quantitative estimate of drug-likeness (QED) is 0.589. The fraction of sp³-hybridized carbons (Fsp3) is 0.500. The van der Waals surface area contributed by atoms with Crippen LogP contribution in [0.1, 0.15) is 5.82 Å². The van der Waals surface area contributed by atoms with Gasteiger partial charge in [0.2, 0.25) is 0 Å². The molecule has 15 heavy (non-hydrogen) atoms.